The van der Waals surface area contributed by atoms with Crippen molar-refractivity contribution in [3.8, 4) is 0 Å². The Kier molecular flexibility index (Phi) is 5.09. The van der Waals surface area contributed by atoms with Gasteiger partial charge in [-0.1, -0.05) is 12.1 Å². The molecule has 0 saturated heterocycles. The molecule has 0 aliphatic heterocycles. The molecule has 2 aromatic heterocycles. The number of rotatable bonds is 6. The van der Waals surface area contributed by atoms with Crippen molar-refractivity contribution in [2.45, 2.75) is 26.0 Å². The van der Waals surface area contributed by atoms with Crippen molar-refractivity contribution in [3.05, 3.63) is 32.5 Å². The van der Waals surface area contributed by atoms with Gasteiger partial charge in [-0.15, -0.1) is 11.3 Å². The first-order valence-electron chi connectivity index (χ1n) is 6.00. The summed E-state index contributed by atoms with van der Waals surface area (Å²) in [5.41, 5.74) is 0. The summed E-state index contributed by atoms with van der Waals surface area (Å²) in [6, 6.07) is 1.68. The molecule has 2 rings (SSSR count). The molecule has 0 fully saturated rings. The Hall–Kier alpha value is -0.760. The van der Waals surface area contributed by atoms with E-state index in [2.05, 4.69) is 33.0 Å². The van der Waals surface area contributed by atoms with Gasteiger partial charge in [-0.25, -0.2) is 4.98 Å². The Morgan fingerprint density at radius 1 is 1.58 bits per heavy atom. The van der Waals surface area contributed by atoms with Crippen LogP contribution in [0.25, 0.3) is 0 Å². The Labute approximate surface area is 124 Å². The third-order valence-corrected chi connectivity index (χ3v) is 4.17. The summed E-state index contributed by atoms with van der Waals surface area (Å²) in [4.78, 5) is 7.66. The smallest absolute Gasteiger partial charge is 0.167 e. The van der Waals surface area contributed by atoms with Crippen LogP contribution in [0.15, 0.2) is 21.4 Å². The second kappa shape index (κ2) is 6.60. The normalized spacial score (nSPS) is 13.1. The van der Waals surface area contributed by atoms with Crippen molar-refractivity contribution in [1.29, 1.82) is 0 Å². The number of aliphatic hydroxyl groups excluding tert-OH is 1. The Bertz CT molecular complexity index is 529. The summed E-state index contributed by atoms with van der Waals surface area (Å²) in [5, 5.41) is 14.8. The van der Waals surface area contributed by atoms with E-state index < -0.39 is 6.10 Å². The van der Waals surface area contributed by atoms with Gasteiger partial charge < -0.3 is 9.63 Å². The molecule has 104 valence electrons. The SMILES string of the molecule is CCc1cnc(CN(C)CC(O)c2cc(Br)no2)s1. The highest BCUT2D eigenvalue weighted by Crippen LogP contribution is 2.20. The number of hydrogen-bond acceptors (Lipinski definition) is 6. The fourth-order valence-electron chi connectivity index (χ4n) is 1.69. The number of halogens is 1. The molecule has 1 unspecified atom stereocenters. The van der Waals surface area contributed by atoms with Gasteiger partial charge in [0.1, 0.15) is 15.7 Å². The van der Waals surface area contributed by atoms with Gasteiger partial charge in [0, 0.05) is 23.7 Å². The first-order valence-corrected chi connectivity index (χ1v) is 7.61. The molecule has 2 aromatic rings. The van der Waals surface area contributed by atoms with Crippen LogP contribution >= 0.6 is 27.3 Å². The molecule has 0 aliphatic carbocycles. The number of hydrogen-bond donors (Lipinski definition) is 1. The number of likely N-dealkylation sites (N-methyl/N-ethyl adjacent to an activating group) is 1. The van der Waals surface area contributed by atoms with E-state index in [1.54, 1.807) is 17.4 Å². The van der Waals surface area contributed by atoms with Crippen LogP contribution in [-0.2, 0) is 13.0 Å². The van der Waals surface area contributed by atoms with Crippen LogP contribution in [0.5, 0.6) is 0 Å². The fourth-order valence-corrected chi connectivity index (χ4v) is 2.93. The van der Waals surface area contributed by atoms with Gasteiger partial charge in [0.15, 0.2) is 5.76 Å². The topological polar surface area (TPSA) is 62.4 Å². The van der Waals surface area contributed by atoms with Crippen LogP contribution in [-0.4, -0.2) is 33.7 Å². The standard InChI is InChI=1S/C12H16BrN3O2S/c1-3-8-5-14-12(19-8)7-16(2)6-9(17)10-4-11(13)15-18-10/h4-5,9,17H,3,6-7H2,1-2H3. The lowest BCUT2D eigenvalue weighted by Gasteiger charge is -2.17. The first kappa shape index (κ1) is 14.6. The number of aryl methyl sites for hydroxylation is 1. The average molecular weight is 346 g/mol. The highest BCUT2D eigenvalue weighted by molar-refractivity contribution is 9.10. The molecule has 5 nitrogen and oxygen atoms in total. The van der Waals surface area contributed by atoms with Crippen molar-refractivity contribution < 1.29 is 9.63 Å². The summed E-state index contributed by atoms with van der Waals surface area (Å²) >= 11 is 4.90. The zero-order chi connectivity index (χ0) is 13.8. The first-order chi connectivity index (χ1) is 9.08. The number of thiazole rings is 1. The molecule has 19 heavy (non-hydrogen) atoms. The van der Waals surface area contributed by atoms with E-state index in [4.69, 9.17) is 4.52 Å². The second-order valence-corrected chi connectivity index (χ2v) is 6.35. The Balaban J connectivity index is 1.88. The molecular formula is C12H16BrN3O2S. The van der Waals surface area contributed by atoms with E-state index >= 15 is 0 Å². The molecule has 1 atom stereocenters. The average Bonchev–Trinajstić information content (AvgIpc) is 2.97. The summed E-state index contributed by atoms with van der Waals surface area (Å²) in [6.07, 6.45) is 2.24. The predicted octanol–water partition coefficient (Wildman–Crippen LogP) is 2.62. The third-order valence-electron chi connectivity index (χ3n) is 2.67. The molecule has 0 amide bonds. The molecular weight excluding hydrogens is 330 g/mol. The van der Waals surface area contributed by atoms with Crippen LogP contribution in [0.2, 0.25) is 0 Å². The zero-order valence-corrected chi connectivity index (χ0v) is 13.2. The molecule has 1 N–H and O–H groups in total. The van der Waals surface area contributed by atoms with E-state index in [1.807, 2.05) is 18.1 Å². The molecule has 0 bridgehead atoms. The Morgan fingerprint density at radius 2 is 2.37 bits per heavy atom. The Morgan fingerprint density at radius 3 is 2.95 bits per heavy atom. The fraction of sp³-hybridized carbons (Fsp3) is 0.500. The quantitative estimate of drug-likeness (QED) is 0.871. The molecule has 0 aliphatic rings. The molecule has 0 spiro atoms. The van der Waals surface area contributed by atoms with Crippen LogP contribution in [0.4, 0.5) is 0 Å². The van der Waals surface area contributed by atoms with Crippen LogP contribution in [0.3, 0.4) is 0 Å². The maximum Gasteiger partial charge on any atom is 0.167 e. The highest BCUT2D eigenvalue weighted by atomic mass is 79.9. The van der Waals surface area contributed by atoms with Crippen molar-refractivity contribution in [2.75, 3.05) is 13.6 Å². The van der Waals surface area contributed by atoms with Gasteiger partial charge in [-0.3, -0.25) is 4.90 Å². The van der Waals surface area contributed by atoms with Gasteiger partial charge in [0.25, 0.3) is 0 Å². The maximum atomic E-state index is 10.0. The molecule has 0 saturated carbocycles. The number of aliphatic hydroxyl groups is 1. The van der Waals surface area contributed by atoms with Crippen molar-refractivity contribution in [3.63, 3.8) is 0 Å². The van der Waals surface area contributed by atoms with Gasteiger partial charge in [-0.2, -0.15) is 0 Å². The maximum absolute atomic E-state index is 10.0. The van der Waals surface area contributed by atoms with Crippen molar-refractivity contribution >= 4 is 27.3 Å². The molecule has 7 heteroatoms. The number of aromatic nitrogens is 2. The van der Waals surface area contributed by atoms with Crippen molar-refractivity contribution in [1.82, 2.24) is 15.0 Å². The lowest BCUT2D eigenvalue weighted by atomic mass is 10.2. The van der Waals surface area contributed by atoms with Crippen LogP contribution in [0, 0.1) is 0 Å². The minimum absolute atomic E-state index is 0.465. The minimum Gasteiger partial charge on any atom is -0.384 e. The van der Waals surface area contributed by atoms with Crippen LogP contribution in [0.1, 0.15) is 28.7 Å². The van der Waals surface area contributed by atoms with Gasteiger partial charge in [0.05, 0.1) is 6.54 Å². The highest BCUT2D eigenvalue weighted by Gasteiger charge is 2.16. The van der Waals surface area contributed by atoms with Gasteiger partial charge >= 0.3 is 0 Å². The lowest BCUT2D eigenvalue weighted by molar-refractivity contribution is 0.0966. The minimum atomic E-state index is -0.686. The molecule has 2 heterocycles. The zero-order valence-electron chi connectivity index (χ0n) is 10.8. The van der Waals surface area contributed by atoms with E-state index in [9.17, 15) is 5.11 Å². The summed E-state index contributed by atoms with van der Waals surface area (Å²) < 4.78 is 5.61. The monoisotopic (exact) mass is 345 g/mol. The van der Waals surface area contributed by atoms with Crippen LogP contribution < -0.4 is 0 Å². The summed E-state index contributed by atoms with van der Waals surface area (Å²) in [7, 11) is 1.95. The number of nitrogens with zero attached hydrogens (tertiary/aromatic N) is 3. The van der Waals surface area contributed by atoms with Crippen molar-refractivity contribution in [2.24, 2.45) is 0 Å². The van der Waals surface area contributed by atoms with E-state index in [-0.39, 0.29) is 0 Å². The predicted molar refractivity (Wildman–Crippen MR) is 77.0 cm³/mol. The lowest BCUT2D eigenvalue weighted by Crippen LogP contribution is -2.23. The van der Waals surface area contributed by atoms with E-state index in [0.29, 0.717) is 16.9 Å². The summed E-state index contributed by atoms with van der Waals surface area (Å²) in [6.45, 7) is 3.31. The van der Waals surface area contributed by atoms with E-state index in [1.165, 1.54) is 4.88 Å². The van der Waals surface area contributed by atoms with Gasteiger partial charge in [0.2, 0.25) is 0 Å². The largest absolute Gasteiger partial charge is 0.384 e. The third kappa shape index (κ3) is 4.10. The van der Waals surface area contributed by atoms with Gasteiger partial charge in [-0.05, 0) is 29.4 Å². The summed E-state index contributed by atoms with van der Waals surface area (Å²) in [5.74, 6) is 0.465. The molecule has 0 radical (unpaired) electrons. The second-order valence-electron chi connectivity index (χ2n) is 4.34. The molecule has 0 aromatic carbocycles. The van der Waals surface area contributed by atoms with E-state index in [0.717, 1.165) is 18.0 Å².